The summed E-state index contributed by atoms with van der Waals surface area (Å²) < 4.78 is 39.0. The third-order valence-electron chi connectivity index (χ3n) is 3.26. The van der Waals surface area contributed by atoms with Crippen LogP contribution in [0.15, 0.2) is 18.2 Å². The Morgan fingerprint density at radius 1 is 1.30 bits per heavy atom. The lowest BCUT2D eigenvalue weighted by Gasteiger charge is -2.19. The van der Waals surface area contributed by atoms with Gasteiger partial charge in [-0.15, -0.1) is 0 Å². The number of nitrogens with two attached hydrogens (primary N) is 1. The Kier molecular flexibility index (Phi) is 4.17. The van der Waals surface area contributed by atoms with Crippen molar-refractivity contribution in [2.75, 3.05) is 18.4 Å². The van der Waals surface area contributed by atoms with Gasteiger partial charge in [-0.05, 0) is 30.5 Å². The van der Waals surface area contributed by atoms with E-state index in [4.69, 9.17) is 5.73 Å². The van der Waals surface area contributed by atoms with Gasteiger partial charge in [0.2, 0.25) is 0 Å². The molecule has 1 aromatic rings. The highest BCUT2D eigenvalue weighted by Gasteiger charge is 2.34. The minimum Gasteiger partial charge on any atom is -0.326 e. The Morgan fingerprint density at radius 2 is 1.95 bits per heavy atom. The van der Waals surface area contributed by atoms with Gasteiger partial charge >= 0.3 is 12.2 Å². The number of alkyl halides is 3. The zero-order valence-electron chi connectivity index (χ0n) is 10.8. The first-order valence-corrected chi connectivity index (χ1v) is 6.38. The van der Waals surface area contributed by atoms with Crippen LogP contribution in [0.1, 0.15) is 24.0 Å². The molecular weight excluding hydrogens is 271 g/mol. The van der Waals surface area contributed by atoms with Gasteiger partial charge in [0.05, 0.1) is 11.3 Å². The van der Waals surface area contributed by atoms with Crippen LogP contribution in [0.25, 0.3) is 0 Å². The highest BCUT2D eigenvalue weighted by molar-refractivity contribution is 5.90. The maximum Gasteiger partial charge on any atom is 0.418 e. The minimum atomic E-state index is -4.53. The molecule has 1 fully saturated rings. The number of nitrogens with one attached hydrogen (secondary N) is 1. The predicted molar refractivity (Wildman–Crippen MR) is 69.2 cm³/mol. The number of benzene rings is 1. The molecule has 7 heteroatoms. The second kappa shape index (κ2) is 5.70. The summed E-state index contributed by atoms with van der Waals surface area (Å²) in [6.07, 6.45) is -2.77. The summed E-state index contributed by atoms with van der Waals surface area (Å²) in [7, 11) is 0. The van der Waals surface area contributed by atoms with Crippen molar-refractivity contribution in [1.82, 2.24) is 4.90 Å². The molecule has 0 saturated carbocycles. The highest BCUT2D eigenvalue weighted by atomic mass is 19.4. The molecule has 0 spiro atoms. The predicted octanol–water partition coefficient (Wildman–Crippen LogP) is 2.79. The van der Waals surface area contributed by atoms with E-state index in [9.17, 15) is 18.0 Å². The molecule has 2 rings (SSSR count). The first-order valence-electron chi connectivity index (χ1n) is 6.38. The Hall–Kier alpha value is -1.76. The van der Waals surface area contributed by atoms with Crippen molar-refractivity contribution in [2.24, 2.45) is 5.73 Å². The number of carbonyl (C=O) groups excluding carboxylic acids is 1. The molecule has 1 aromatic carbocycles. The molecule has 0 aromatic heterocycles. The Labute approximate surface area is 114 Å². The lowest BCUT2D eigenvalue weighted by molar-refractivity contribution is -0.137. The van der Waals surface area contributed by atoms with Crippen molar-refractivity contribution in [1.29, 1.82) is 0 Å². The van der Waals surface area contributed by atoms with Crippen LogP contribution in [0.3, 0.4) is 0 Å². The first-order chi connectivity index (χ1) is 9.41. The number of nitrogens with zero attached hydrogens (tertiary/aromatic N) is 1. The standard InChI is InChI=1S/C13H16F3N3O/c14-13(15,16)10-7-9(8-17)3-4-11(10)18-12(20)19-5-1-2-6-19/h3-4,7H,1-2,5-6,8,17H2,(H,18,20). The van der Waals surface area contributed by atoms with E-state index < -0.39 is 17.8 Å². The van der Waals surface area contributed by atoms with Gasteiger partial charge in [-0.2, -0.15) is 13.2 Å². The van der Waals surface area contributed by atoms with E-state index in [1.165, 1.54) is 17.0 Å². The van der Waals surface area contributed by atoms with Crippen molar-refractivity contribution in [3.05, 3.63) is 29.3 Å². The molecular formula is C13H16F3N3O. The topological polar surface area (TPSA) is 58.4 Å². The monoisotopic (exact) mass is 287 g/mol. The molecule has 20 heavy (non-hydrogen) atoms. The lowest BCUT2D eigenvalue weighted by Crippen LogP contribution is -2.32. The summed E-state index contributed by atoms with van der Waals surface area (Å²) in [5, 5.41) is 2.34. The molecule has 0 radical (unpaired) electrons. The number of anilines is 1. The second-order valence-electron chi connectivity index (χ2n) is 4.71. The summed E-state index contributed by atoms with van der Waals surface area (Å²) in [6, 6.07) is 3.21. The van der Waals surface area contributed by atoms with Gasteiger partial charge in [-0.3, -0.25) is 0 Å². The average molecular weight is 287 g/mol. The third-order valence-corrected chi connectivity index (χ3v) is 3.26. The number of rotatable bonds is 2. The summed E-state index contributed by atoms with van der Waals surface area (Å²) in [4.78, 5) is 13.4. The number of urea groups is 1. The fourth-order valence-electron chi connectivity index (χ4n) is 2.18. The SMILES string of the molecule is NCc1ccc(NC(=O)N2CCCC2)c(C(F)(F)F)c1. The van der Waals surface area contributed by atoms with Crippen molar-refractivity contribution >= 4 is 11.7 Å². The minimum absolute atomic E-state index is 0.0173. The van der Waals surface area contributed by atoms with Crippen LogP contribution >= 0.6 is 0 Å². The van der Waals surface area contributed by atoms with Crippen LogP contribution in [0, 0.1) is 0 Å². The Morgan fingerprint density at radius 3 is 2.50 bits per heavy atom. The largest absolute Gasteiger partial charge is 0.418 e. The molecule has 1 heterocycles. The fourth-order valence-corrected chi connectivity index (χ4v) is 2.18. The molecule has 110 valence electrons. The molecule has 0 aliphatic carbocycles. The maximum absolute atomic E-state index is 13.0. The van der Waals surface area contributed by atoms with Gasteiger partial charge in [0.15, 0.2) is 0 Å². The zero-order valence-corrected chi connectivity index (χ0v) is 10.8. The van der Waals surface area contributed by atoms with E-state index in [0.29, 0.717) is 18.7 Å². The molecule has 2 amide bonds. The second-order valence-corrected chi connectivity index (χ2v) is 4.71. The van der Waals surface area contributed by atoms with Crippen LogP contribution in [-0.2, 0) is 12.7 Å². The average Bonchev–Trinajstić information content (AvgIpc) is 2.91. The quantitative estimate of drug-likeness (QED) is 0.878. The van der Waals surface area contributed by atoms with Gasteiger partial charge in [-0.25, -0.2) is 4.79 Å². The summed E-state index contributed by atoms with van der Waals surface area (Å²) >= 11 is 0. The number of carbonyl (C=O) groups is 1. The van der Waals surface area contributed by atoms with E-state index in [-0.39, 0.29) is 12.2 Å². The van der Waals surface area contributed by atoms with Gasteiger partial charge in [0.1, 0.15) is 0 Å². The van der Waals surface area contributed by atoms with Crippen LogP contribution in [0.4, 0.5) is 23.7 Å². The summed E-state index contributed by atoms with van der Waals surface area (Å²) in [5.74, 6) is 0. The number of halogens is 3. The molecule has 1 aliphatic heterocycles. The molecule has 1 aliphatic rings. The van der Waals surface area contributed by atoms with E-state index in [2.05, 4.69) is 5.32 Å². The Bertz CT molecular complexity index is 496. The number of amides is 2. The molecule has 0 bridgehead atoms. The van der Waals surface area contributed by atoms with Crippen molar-refractivity contribution in [3.63, 3.8) is 0 Å². The maximum atomic E-state index is 13.0. The van der Waals surface area contributed by atoms with E-state index in [1.54, 1.807) is 0 Å². The van der Waals surface area contributed by atoms with Gasteiger partial charge in [0, 0.05) is 19.6 Å². The van der Waals surface area contributed by atoms with Crippen LogP contribution in [0.5, 0.6) is 0 Å². The number of hydrogen-bond donors (Lipinski definition) is 2. The van der Waals surface area contributed by atoms with Gasteiger partial charge in [0.25, 0.3) is 0 Å². The number of likely N-dealkylation sites (tertiary alicyclic amines) is 1. The van der Waals surface area contributed by atoms with Gasteiger partial charge < -0.3 is 16.0 Å². The Balaban J connectivity index is 2.24. The normalized spacial score (nSPS) is 15.5. The van der Waals surface area contributed by atoms with Crippen LogP contribution in [-0.4, -0.2) is 24.0 Å². The van der Waals surface area contributed by atoms with E-state index >= 15 is 0 Å². The van der Waals surface area contributed by atoms with Crippen LogP contribution < -0.4 is 11.1 Å². The van der Waals surface area contributed by atoms with Crippen LogP contribution in [0.2, 0.25) is 0 Å². The van der Waals surface area contributed by atoms with Crippen molar-refractivity contribution in [2.45, 2.75) is 25.6 Å². The van der Waals surface area contributed by atoms with Crippen molar-refractivity contribution in [3.8, 4) is 0 Å². The highest BCUT2D eigenvalue weighted by Crippen LogP contribution is 2.35. The third kappa shape index (κ3) is 3.22. The fraction of sp³-hybridized carbons (Fsp3) is 0.462. The van der Waals surface area contributed by atoms with Gasteiger partial charge in [-0.1, -0.05) is 6.07 Å². The van der Waals surface area contributed by atoms with E-state index in [0.717, 1.165) is 18.9 Å². The molecule has 1 saturated heterocycles. The summed E-state index contributed by atoms with van der Waals surface area (Å²) in [6.45, 7) is 1.17. The summed E-state index contributed by atoms with van der Waals surface area (Å²) in [5.41, 5.74) is 4.62. The molecule has 3 N–H and O–H groups in total. The smallest absolute Gasteiger partial charge is 0.326 e. The molecule has 0 unspecified atom stereocenters. The molecule has 0 atom stereocenters. The first kappa shape index (κ1) is 14.6. The zero-order chi connectivity index (χ0) is 14.8. The molecule has 4 nitrogen and oxygen atoms in total. The van der Waals surface area contributed by atoms with Crippen molar-refractivity contribution < 1.29 is 18.0 Å². The number of hydrogen-bond acceptors (Lipinski definition) is 2. The van der Waals surface area contributed by atoms with E-state index in [1.807, 2.05) is 0 Å². The lowest BCUT2D eigenvalue weighted by atomic mass is 10.1.